The Morgan fingerprint density at radius 2 is 2.00 bits per heavy atom. The molecule has 2 rings (SSSR count). The normalized spacial score (nSPS) is 10.3. The number of halogens is 1. The number of amides is 1. The smallest absolute Gasteiger partial charge is 0.238 e. The molecular weight excluding hydrogens is 300 g/mol. The van der Waals surface area contributed by atoms with Crippen LogP contribution in [-0.4, -0.2) is 26.1 Å². The van der Waals surface area contributed by atoms with Crippen LogP contribution in [0.5, 0.6) is 5.75 Å². The average molecular weight is 319 g/mol. The van der Waals surface area contributed by atoms with E-state index in [4.69, 9.17) is 16.3 Å². The zero-order valence-electron chi connectivity index (χ0n) is 12.4. The second-order valence-corrected chi connectivity index (χ2v) is 5.21. The quantitative estimate of drug-likeness (QED) is 0.771. The Kier molecular flexibility index (Phi) is 6.25. The molecule has 22 heavy (non-hydrogen) atoms. The van der Waals surface area contributed by atoms with Crippen molar-refractivity contribution < 1.29 is 9.53 Å². The summed E-state index contributed by atoms with van der Waals surface area (Å²) < 4.78 is 5.18. The molecule has 0 saturated heterocycles. The van der Waals surface area contributed by atoms with Crippen molar-refractivity contribution in [2.45, 2.75) is 6.42 Å². The van der Waals surface area contributed by atoms with Crippen molar-refractivity contribution in [3.63, 3.8) is 0 Å². The Morgan fingerprint density at radius 3 is 2.77 bits per heavy atom. The van der Waals surface area contributed by atoms with Crippen molar-refractivity contribution in [2.24, 2.45) is 0 Å². The fourth-order valence-corrected chi connectivity index (χ4v) is 2.20. The number of ether oxygens (including phenoxy) is 1. The van der Waals surface area contributed by atoms with Gasteiger partial charge in [0.25, 0.3) is 0 Å². The summed E-state index contributed by atoms with van der Waals surface area (Å²) in [5.74, 6) is 0.729. The van der Waals surface area contributed by atoms with E-state index in [1.807, 2.05) is 36.4 Å². The van der Waals surface area contributed by atoms with E-state index >= 15 is 0 Å². The molecule has 0 unspecified atom stereocenters. The van der Waals surface area contributed by atoms with Crippen LogP contribution in [0.1, 0.15) is 5.56 Å². The van der Waals surface area contributed by atoms with Crippen molar-refractivity contribution in [1.29, 1.82) is 0 Å². The summed E-state index contributed by atoms with van der Waals surface area (Å²) in [6, 6.07) is 15.1. The van der Waals surface area contributed by atoms with Gasteiger partial charge < -0.3 is 15.4 Å². The van der Waals surface area contributed by atoms with Gasteiger partial charge in [-0.05, 0) is 42.8 Å². The van der Waals surface area contributed by atoms with Gasteiger partial charge >= 0.3 is 0 Å². The van der Waals surface area contributed by atoms with Gasteiger partial charge in [-0.25, -0.2) is 0 Å². The van der Waals surface area contributed by atoms with Gasteiger partial charge in [-0.2, -0.15) is 0 Å². The number of rotatable bonds is 7. The lowest BCUT2D eigenvalue weighted by Crippen LogP contribution is -2.29. The van der Waals surface area contributed by atoms with Gasteiger partial charge in [0, 0.05) is 0 Å². The predicted octanol–water partition coefficient (Wildman–Crippen LogP) is 3.12. The Labute approximate surface area is 135 Å². The number of hydrogen-bond donors (Lipinski definition) is 2. The molecule has 0 aromatic heterocycles. The molecule has 0 radical (unpaired) electrons. The summed E-state index contributed by atoms with van der Waals surface area (Å²) in [6.07, 6.45) is 0.830. The number of carbonyl (C=O) groups excluding carboxylic acids is 1. The molecule has 2 aromatic rings. The lowest BCUT2D eigenvalue weighted by Gasteiger charge is -2.08. The van der Waals surface area contributed by atoms with E-state index in [0.717, 1.165) is 12.2 Å². The Bertz CT molecular complexity index is 632. The molecule has 1 amide bonds. The molecule has 0 fully saturated rings. The van der Waals surface area contributed by atoms with Crippen molar-refractivity contribution >= 4 is 23.2 Å². The third-order valence-corrected chi connectivity index (χ3v) is 3.49. The van der Waals surface area contributed by atoms with Crippen LogP contribution in [0.4, 0.5) is 5.69 Å². The minimum atomic E-state index is -0.112. The summed E-state index contributed by atoms with van der Waals surface area (Å²) in [4.78, 5) is 11.8. The largest absolute Gasteiger partial charge is 0.497 e. The van der Waals surface area contributed by atoms with Gasteiger partial charge in [0.2, 0.25) is 5.91 Å². The monoisotopic (exact) mass is 318 g/mol. The molecule has 116 valence electrons. The second kappa shape index (κ2) is 8.41. The molecule has 0 aliphatic carbocycles. The van der Waals surface area contributed by atoms with E-state index in [9.17, 15) is 4.79 Å². The van der Waals surface area contributed by atoms with Crippen LogP contribution in [0.25, 0.3) is 0 Å². The highest BCUT2D eigenvalue weighted by Gasteiger charge is 2.04. The molecule has 0 heterocycles. The topological polar surface area (TPSA) is 50.4 Å². The molecule has 0 bridgehead atoms. The lowest BCUT2D eigenvalue weighted by atomic mass is 10.1. The highest BCUT2D eigenvalue weighted by atomic mass is 35.5. The molecule has 0 aliphatic rings. The van der Waals surface area contributed by atoms with E-state index in [-0.39, 0.29) is 12.5 Å². The molecule has 4 nitrogen and oxygen atoms in total. The summed E-state index contributed by atoms with van der Waals surface area (Å²) >= 11 is 5.99. The molecule has 2 aromatic carbocycles. The Balaban J connectivity index is 1.72. The fourth-order valence-electron chi connectivity index (χ4n) is 2.02. The first-order chi connectivity index (χ1) is 10.7. The molecular formula is C17H19ClN2O2. The van der Waals surface area contributed by atoms with Gasteiger partial charge in [0.15, 0.2) is 0 Å². The van der Waals surface area contributed by atoms with Crippen LogP contribution >= 0.6 is 11.6 Å². The number of anilines is 1. The van der Waals surface area contributed by atoms with Crippen molar-refractivity contribution in [3.8, 4) is 5.75 Å². The van der Waals surface area contributed by atoms with E-state index in [1.54, 1.807) is 19.2 Å². The predicted molar refractivity (Wildman–Crippen MR) is 89.6 cm³/mol. The van der Waals surface area contributed by atoms with Gasteiger partial charge in [-0.3, -0.25) is 4.79 Å². The average Bonchev–Trinajstić information content (AvgIpc) is 2.54. The number of para-hydroxylation sites is 1. The maximum absolute atomic E-state index is 11.8. The van der Waals surface area contributed by atoms with Gasteiger partial charge in [-0.1, -0.05) is 35.9 Å². The van der Waals surface area contributed by atoms with E-state index in [2.05, 4.69) is 10.6 Å². The third kappa shape index (κ3) is 5.06. The molecule has 0 aliphatic heterocycles. The first-order valence-corrected chi connectivity index (χ1v) is 7.45. The number of methoxy groups -OCH3 is 1. The fraction of sp³-hybridized carbons (Fsp3) is 0.235. The summed E-state index contributed by atoms with van der Waals surface area (Å²) in [6.45, 7) is 0.957. The highest BCUT2D eigenvalue weighted by Crippen LogP contribution is 2.20. The van der Waals surface area contributed by atoms with Crippen molar-refractivity contribution in [3.05, 3.63) is 59.1 Å². The summed E-state index contributed by atoms with van der Waals surface area (Å²) in [7, 11) is 1.65. The first kappa shape index (κ1) is 16.3. The third-order valence-electron chi connectivity index (χ3n) is 3.16. The van der Waals surface area contributed by atoms with Crippen LogP contribution in [0, 0.1) is 0 Å². The summed E-state index contributed by atoms with van der Waals surface area (Å²) in [5, 5.41) is 6.42. The zero-order chi connectivity index (χ0) is 15.8. The Hall–Kier alpha value is -2.04. The van der Waals surface area contributed by atoms with Crippen LogP contribution in [0.3, 0.4) is 0 Å². The number of nitrogens with one attached hydrogen (secondary N) is 2. The minimum absolute atomic E-state index is 0.112. The maximum Gasteiger partial charge on any atom is 0.238 e. The van der Waals surface area contributed by atoms with Gasteiger partial charge in [-0.15, -0.1) is 0 Å². The van der Waals surface area contributed by atoms with Crippen molar-refractivity contribution in [2.75, 3.05) is 25.5 Å². The van der Waals surface area contributed by atoms with Crippen LogP contribution < -0.4 is 15.4 Å². The highest BCUT2D eigenvalue weighted by molar-refractivity contribution is 6.33. The maximum atomic E-state index is 11.8. The van der Waals surface area contributed by atoms with E-state index in [0.29, 0.717) is 17.3 Å². The van der Waals surface area contributed by atoms with Crippen LogP contribution in [0.15, 0.2) is 48.5 Å². The van der Waals surface area contributed by atoms with Gasteiger partial charge in [0.1, 0.15) is 5.75 Å². The zero-order valence-corrected chi connectivity index (χ0v) is 13.2. The molecule has 0 atom stereocenters. The van der Waals surface area contributed by atoms with Gasteiger partial charge in [0.05, 0.1) is 24.4 Å². The second-order valence-electron chi connectivity index (χ2n) is 4.81. The minimum Gasteiger partial charge on any atom is -0.497 e. The standard InChI is InChI=1S/C17H19ClN2O2/c1-22-14-6-4-5-13(11-14)9-10-19-12-17(21)20-16-8-3-2-7-15(16)18/h2-8,11,19H,9-10,12H2,1H3,(H,20,21). The van der Waals surface area contributed by atoms with E-state index < -0.39 is 0 Å². The molecule has 0 saturated carbocycles. The van der Waals surface area contributed by atoms with Crippen LogP contribution in [-0.2, 0) is 11.2 Å². The molecule has 2 N–H and O–H groups in total. The number of hydrogen-bond acceptors (Lipinski definition) is 3. The van der Waals surface area contributed by atoms with Crippen molar-refractivity contribution in [1.82, 2.24) is 5.32 Å². The lowest BCUT2D eigenvalue weighted by molar-refractivity contribution is -0.115. The van der Waals surface area contributed by atoms with E-state index in [1.165, 1.54) is 5.56 Å². The Morgan fingerprint density at radius 1 is 1.18 bits per heavy atom. The number of carbonyl (C=O) groups is 1. The van der Waals surface area contributed by atoms with Crippen LogP contribution in [0.2, 0.25) is 5.02 Å². The molecule has 0 spiro atoms. The number of benzene rings is 2. The molecule has 5 heteroatoms. The SMILES string of the molecule is COc1cccc(CCNCC(=O)Nc2ccccc2Cl)c1. The first-order valence-electron chi connectivity index (χ1n) is 7.07. The summed E-state index contributed by atoms with van der Waals surface area (Å²) in [5.41, 5.74) is 1.79.